The Morgan fingerprint density at radius 1 is 1.10 bits per heavy atom. The van der Waals surface area contributed by atoms with Crippen molar-refractivity contribution >= 4 is 35.2 Å². The monoisotopic (exact) mass is 448 g/mol. The number of nitrogens with zero attached hydrogens (tertiary/aromatic N) is 3. The largest absolute Gasteiger partial charge is 0.444 e. The van der Waals surface area contributed by atoms with Crippen LogP contribution in [-0.2, 0) is 9.47 Å². The van der Waals surface area contributed by atoms with Gasteiger partial charge in [0.25, 0.3) is 0 Å². The zero-order chi connectivity index (χ0) is 23.1. The fraction of sp³-hybridized carbons (Fsp3) is 0.591. The van der Waals surface area contributed by atoms with E-state index >= 15 is 0 Å². The molecule has 3 rings (SSSR count). The molecule has 0 saturated carbocycles. The minimum Gasteiger partial charge on any atom is -0.444 e. The maximum absolute atomic E-state index is 12.5. The van der Waals surface area contributed by atoms with Gasteiger partial charge in [0.05, 0.1) is 34.1 Å². The molecular formula is C22H29ClN4O4. The topological polar surface area (TPSA) is 94.9 Å². The summed E-state index contributed by atoms with van der Waals surface area (Å²) in [6.45, 7) is 11.9. The van der Waals surface area contributed by atoms with Gasteiger partial charge in [0, 0.05) is 19.1 Å². The van der Waals surface area contributed by atoms with Gasteiger partial charge in [0.1, 0.15) is 11.2 Å². The van der Waals surface area contributed by atoms with Crippen molar-refractivity contribution in [3.05, 3.63) is 22.7 Å². The van der Waals surface area contributed by atoms with Crippen molar-refractivity contribution in [1.82, 2.24) is 4.90 Å². The molecule has 2 saturated heterocycles. The van der Waals surface area contributed by atoms with Gasteiger partial charge in [-0.3, -0.25) is 5.32 Å². The molecule has 0 radical (unpaired) electrons. The van der Waals surface area contributed by atoms with E-state index in [-0.39, 0.29) is 18.2 Å². The third-order valence-electron chi connectivity index (χ3n) is 5.00. The highest BCUT2D eigenvalue weighted by Crippen LogP contribution is 2.41. The van der Waals surface area contributed by atoms with E-state index in [1.54, 1.807) is 31.7 Å². The van der Waals surface area contributed by atoms with Crippen molar-refractivity contribution in [2.75, 3.05) is 23.3 Å². The van der Waals surface area contributed by atoms with E-state index < -0.39 is 17.3 Å². The van der Waals surface area contributed by atoms with Crippen LogP contribution in [0.2, 0.25) is 5.02 Å². The van der Waals surface area contributed by atoms with Crippen molar-refractivity contribution in [3.63, 3.8) is 0 Å². The van der Waals surface area contributed by atoms with Gasteiger partial charge >= 0.3 is 12.2 Å². The molecule has 2 aliphatic heterocycles. The van der Waals surface area contributed by atoms with E-state index in [0.29, 0.717) is 35.1 Å². The van der Waals surface area contributed by atoms with Gasteiger partial charge in [-0.25, -0.2) is 9.59 Å². The number of piperazine rings is 1. The van der Waals surface area contributed by atoms with Crippen LogP contribution in [0.4, 0.5) is 21.0 Å². The van der Waals surface area contributed by atoms with Gasteiger partial charge in [-0.2, -0.15) is 5.26 Å². The smallest absolute Gasteiger partial charge is 0.412 e. The van der Waals surface area contributed by atoms with Crippen LogP contribution in [0.5, 0.6) is 0 Å². The Morgan fingerprint density at radius 3 is 2.26 bits per heavy atom. The molecule has 2 amide bonds. The Hall–Kier alpha value is -2.66. The molecule has 2 heterocycles. The highest BCUT2D eigenvalue weighted by molar-refractivity contribution is 6.36. The van der Waals surface area contributed by atoms with Gasteiger partial charge < -0.3 is 19.3 Å². The van der Waals surface area contributed by atoms with Crippen molar-refractivity contribution in [3.8, 4) is 6.07 Å². The predicted octanol–water partition coefficient (Wildman–Crippen LogP) is 4.76. The predicted molar refractivity (Wildman–Crippen MR) is 119 cm³/mol. The molecular weight excluding hydrogens is 420 g/mol. The Balaban J connectivity index is 1.79. The fourth-order valence-corrected chi connectivity index (χ4v) is 4.16. The molecule has 168 valence electrons. The lowest BCUT2D eigenvalue weighted by Crippen LogP contribution is -2.50. The number of anilines is 2. The fourth-order valence-electron chi connectivity index (χ4n) is 3.89. The summed E-state index contributed by atoms with van der Waals surface area (Å²) in [5.41, 5.74) is 0.133. The highest BCUT2D eigenvalue weighted by atomic mass is 35.5. The summed E-state index contributed by atoms with van der Waals surface area (Å²) < 4.78 is 10.8. The Bertz CT molecular complexity index is 929. The van der Waals surface area contributed by atoms with Crippen LogP contribution in [-0.4, -0.2) is 53.5 Å². The number of likely N-dealkylation sites (tertiary alicyclic amines) is 1. The van der Waals surface area contributed by atoms with Gasteiger partial charge in [0.15, 0.2) is 0 Å². The summed E-state index contributed by atoms with van der Waals surface area (Å²) in [7, 11) is 0. The molecule has 0 unspecified atom stereocenters. The number of ether oxygens (including phenoxy) is 2. The molecule has 2 aliphatic rings. The highest BCUT2D eigenvalue weighted by Gasteiger charge is 2.47. The number of nitriles is 1. The van der Waals surface area contributed by atoms with Crippen LogP contribution in [0.1, 0.15) is 53.5 Å². The second-order valence-electron chi connectivity index (χ2n) is 9.92. The number of hydrogen-bond acceptors (Lipinski definition) is 6. The molecule has 1 aromatic carbocycles. The Labute approximate surface area is 188 Å². The van der Waals surface area contributed by atoms with Crippen LogP contribution in [0.15, 0.2) is 12.1 Å². The van der Waals surface area contributed by atoms with Crippen LogP contribution < -0.4 is 10.2 Å². The number of fused-ring (bicyclic) bond motifs is 2. The number of rotatable bonds is 2. The molecule has 2 fully saturated rings. The number of benzene rings is 1. The SMILES string of the molecule is CC(C)(C)OC(=O)Nc1cc(C#N)cc(N2C[C@H]3C[C@@H]2CN3C(=O)OC(C)(C)C)c1Cl. The molecule has 0 aliphatic carbocycles. The van der Waals surface area contributed by atoms with Crippen molar-refractivity contribution in [2.24, 2.45) is 0 Å². The van der Waals surface area contributed by atoms with Crippen LogP contribution in [0.25, 0.3) is 0 Å². The summed E-state index contributed by atoms with van der Waals surface area (Å²) in [4.78, 5) is 28.6. The quantitative estimate of drug-likeness (QED) is 0.701. The number of nitrogens with one attached hydrogen (secondary N) is 1. The van der Waals surface area contributed by atoms with Crippen LogP contribution in [0, 0.1) is 11.3 Å². The van der Waals surface area contributed by atoms with E-state index in [1.807, 2.05) is 20.8 Å². The van der Waals surface area contributed by atoms with E-state index in [4.69, 9.17) is 21.1 Å². The summed E-state index contributed by atoms with van der Waals surface area (Å²) >= 11 is 6.63. The standard InChI is InChI=1S/C22H29ClN4O4/c1-21(2,3)30-19(28)25-16-7-13(10-24)8-17(18(16)23)26-11-15-9-14(26)12-27(15)20(29)31-22(4,5)6/h7-8,14-15H,9,11-12H2,1-6H3,(H,25,28)/t14-,15-/m1/s1. The zero-order valence-electron chi connectivity index (χ0n) is 18.8. The first-order valence-corrected chi connectivity index (χ1v) is 10.6. The summed E-state index contributed by atoms with van der Waals surface area (Å²) in [6.07, 6.45) is -0.167. The maximum atomic E-state index is 12.5. The molecule has 2 atom stereocenters. The van der Waals surface area contributed by atoms with Gasteiger partial charge in [-0.15, -0.1) is 0 Å². The second kappa shape index (κ2) is 8.12. The number of halogens is 1. The number of carbonyl (C=O) groups is 2. The first-order chi connectivity index (χ1) is 14.3. The molecule has 8 nitrogen and oxygen atoms in total. The summed E-state index contributed by atoms with van der Waals surface area (Å²) in [5, 5.41) is 12.5. The van der Waals surface area contributed by atoms with Crippen LogP contribution >= 0.6 is 11.6 Å². The average molecular weight is 449 g/mol. The molecule has 1 aromatic rings. The molecule has 9 heteroatoms. The van der Waals surface area contributed by atoms with Crippen molar-refractivity contribution in [1.29, 1.82) is 5.26 Å². The Morgan fingerprint density at radius 2 is 1.74 bits per heavy atom. The first-order valence-electron chi connectivity index (χ1n) is 10.3. The van der Waals surface area contributed by atoms with E-state index in [2.05, 4.69) is 16.3 Å². The normalized spacial score (nSPS) is 20.5. The average Bonchev–Trinajstić information content (AvgIpc) is 3.21. The van der Waals surface area contributed by atoms with Gasteiger partial charge in [-0.05, 0) is 60.1 Å². The minimum atomic E-state index is -0.661. The summed E-state index contributed by atoms with van der Waals surface area (Å²) in [6, 6.07) is 5.41. The minimum absolute atomic E-state index is 0.00363. The molecule has 1 N–H and O–H groups in total. The van der Waals surface area contributed by atoms with E-state index in [9.17, 15) is 14.9 Å². The lowest BCUT2D eigenvalue weighted by atomic mass is 10.1. The van der Waals surface area contributed by atoms with Crippen molar-refractivity contribution in [2.45, 2.75) is 71.2 Å². The number of hydrogen-bond donors (Lipinski definition) is 1. The molecule has 0 aromatic heterocycles. The maximum Gasteiger partial charge on any atom is 0.412 e. The number of carbonyl (C=O) groups excluding carboxylic acids is 2. The zero-order valence-corrected chi connectivity index (χ0v) is 19.5. The van der Waals surface area contributed by atoms with E-state index in [0.717, 1.165) is 6.42 Å². The molecule has 0 spiro atoms. The second-order valence-corrected chi connectivity index (χ2v) is 10.3. The van der Waals surface area contributed by atoms with Crippen LogP contribution in [0.3, 0.4) is 0 Å². The van der Waals surface area contributed by atoms with Crippen molar-refractivity contribution < 1.29 is 19.1 Å². The summed E-state index contributed by atoms with van der Waals surface area (Å²) in [5.74, 6) is 0. The third kappa shape index (κ3) is 5.34. The lowest BCUT2D eigenvalue weighted by molar-refractivity contribution is 0.0214. The molecule has 2 bridgehead atoms. The molecule has 31 heavy (non-hydrogen) atoms. The lowest BCUT2D eigenvalue weighted by Gasteiger charge is -2.37. The number of amides is 2. The van der Waals surface area contributed by atoms with E-state index in [1.165, 1.54) is 6.07 Å². The first kappa shape index (κ1) is 23.0. The van der Waals surface area contributed by atoms with Gasteiger partial charge in [0.2, 0.25) is 0 Å². The van der Waals surface area contributed by atoms with Gasteiger partial charge in [-0.1, -0.05) is 11.6 Å². The Kier molecular flexibility index (Phi) is 6.03. The third-order valence-corrected chi connectivity index (χ3v) is 5.39.